The minimum absolute atomic E-state index is 0.0792. The van der Waals surface area contributed by atoms with Crippen LogP contribution in [0.5, 0.6) is 0 Å². The topological polar surface area (TPSA) is 50.2 Å². The van der Waals surface area contributed by atoms with Crippen LogP contribution in [-0.4, -0.2) is 35.8 Å². The van der Waals surface area contributed by atoms with Crippen molar-refractivity contribution in [2.24, 2.45) is 0 Å². The molecule has 0 saturated carbocycles. The number of nitrogens with zero attached hydrogens (tertiary/aromatic N) is 3. The number of nitrogens with one attached hydrogen (secondary N) is 1. The molecule has 22 heavy (non-hydrogen) atoms. The van der Waals surface area contributed by atoms with Gasteiger partial charge in [0.15, 0.2) is 0 Å². The Balaban J connectivity index is 1.59. The van der Waals surface area contributed by atoms with Crippen molar-refractivity contribution >= 4 is 11.6 Å². The van der Waals surface area contributed by atoms with E-state index in [1.165, 1.54) is 5.69 Å². The molecular formula is C17H24N4O. The molecule has 2 rings (SSSR count). The molecule has 2 aromatic rings. The zero-order valence-electron chi connectivity index (χ0n) is 13.3. The van der Waals surface area contributed by atoms with E-state index < -0.39 is 0 Å². The Labute approximate surface area is 131 Å². The van der Waals surface area contributed by atoms with Crippen LogP contribution in [0, 0.1) is 6.92 Å². The summed E-state index contributed by atoms with van der Waals surface area (Å²) in [6.07, 6.45) is 5.15. The van der Waals surface area contributed by atoms with Crippen molar-refractivity contribution in [2.75, 3.05) is 25.0 Å². The van der Waals surface area contributed by atoms with Crippen molar-refractivity contribution in [1.82, 2.24) is 15.1 Å². The number of para-hydroxylation sites is 1. The van der Waals surface area contributed by atoms with E-state index in [0.717, 1.165) is 18.5 Å². The molecule has 0 aliphatic heterocycles. The Morgan fingerprint density at radius 3 is 2.77 bits per heavy atom. The Kier molecular flexibility index (Phi) is 6.01. The normalized spacial score (nSPS) is 10.5. The fraction of sp³-hybridized carbons (Fsp3) is 0.412. The summed E-state index contributed by atoms with van der Waals surface area (Å²) in [5, 5.41) is 7.13. The fourth-order valence-electron chi connectivity index (χ4n) is 2.25. The van der Waals surface area contributed by atoms with Crippen LogP contribution in [-0.2, 0) is 11.3 Å². The summed E-state index contributed by atoms with van der Waals surface area (Å²) >= 11 is 0. The minimum atomic E-state index is 0.0792. The van der Waals surface area contributed by atoms with Crippen molar-refractivity contribution < 1.29 is 4.79 Å². The highest BCUT2D eigenvalue weighted by Gasteiger charge is 2.03. The smallest absolute Gasteiger partial charge is 0.221 e. The van der Waals surface area contributed by atoms with Gasteiger partial charge in [0.2, 0.25) is 5.91 Å². The molecule has 1 N–H and O–H groups in total. The molecule has 1 aromatic heterocycles. The van der Waals surface area contributed by atoms with Crippen molar-refractivity contribution in [3.8, 4) is 0 Å². The third-order valence-electron chi connectivity index (χ3n) is 3.52. The number of carbonyl (C=O) groups excluding carboxylic acids is 1. The largest absolute Gasteiger partial charge is 0.375 e. The van der Waals surface area contributed by atoms with Gasteiger partial charge < -0.3 is 10.2 Å². The van der Waals surface area contributed by atoms with Crippen LogP contribution in [0.15, 0.2) is 42.7 Å². The molecule has 0 fully saturated rings. The second kappa shape index (κ2) is 8.22. The van der Waals surface area contributed by atoms with Crippen LogP contribution >= 0.6 is 0 Å². The van der Waals surface area contributed by atoms with Gasteiger partial charge in [-0.3, -0.25) is 9.48 Å². The predicted octanol–water partition coefficient (Wildman–Crippen LogP) is 2.22. The van der Waals surface area contributed by atoms with Crippen molar-refractivity contribution in [1.29, 1.82) is 0 Å². The van der Waals surface area contributed by atoms with Crippen LogP contribution in [0.4, 0.5) is 5.69 Å². The maximum atomic E-state index is 11.8. The summed E-state index contributed by atoms with van der Waals surface area (Å²) in [4.78, 5) is 14.0. The molecule has 0 aliphatic rings. The number of amides is 1. The molecule has 118 valence electrons. The molecule has 0 aliphatic carbocycles. The van der Waals surface area contributed by atoms with Gasteiger partial charge in [-0.05, 0) is 31.0 Å². The van der Waals surface area contributed by atoms with Gasteiger partial charge in [0.1, 0.15) is 0 Å². The summed E-state index contributed by atoms with van der Waals surface area (Å²) < 4.78 is 1.80. The van der Waals surface area contributed by atoms with Gasteiger partial charge in [0.25, 0.3) is 0 Å². The molecular weight excluding hydrogens is 276 g/mol. The second-order valence-corrected chi connectivity index (χ2v) is 5.49. The third kappa shape index (κ3) is 5.24. The standard InChI is InChI=1S/C17H24N4O/c1-15-13-19-21(14-15)12-9-17(22)18-10-6-11-20(2)16-7-4-3-5-8-16/h3-5,7-8,13-14H,6,9-12H2,1-2H3,(H,18,22). The fourth-order valence-corrected chi connectivity index (χ4v) is 2.25. The summed E-state index contributed by atoms with van der Waals surface area (Å²) in [7, 11) is 2.07. The van der Waals surface area contributed by atoms with E-state index in [2.05, 4.69) is 34.5 Å². The lowest BCUT2D eigenvalue weighted by atomic mass is 10.3. The number of rotatable bonds is 8. The molecule has 0 radical (unpaired) electrons. The predicted molar refractivity (Wildman–Crippen MR) is 88.9 cm³/mol. The highest BCUT2D eigenvalue weighted by atomic mass is 16.1. The summed E-state index contributed by atoms with van der Waals surface area (Å²) in [6, 6.07) is 10.3. The molecule has 0 saturated heterocycles. The van der Waals surface area contributed by atoms with Crippen LogP contribution in [0.1, 0.15) is 18.4 Å². The molecule has 0 unspecified atom stereocenters. The Bertz CT molecular complexity index is 579. The number of carbonyl (C=O) groups is 1. The van der Waals surface area contributed by atoms with Gasteiger partial charge in [0, 0.05) is 45.0 Å². The van der Waals surface area contributed by atoms with Crippen LogP contribution in [0.25, 0.3) is 0 Å². The van der Waals surface area contributed by atoms with E-state index in [9.17, 15) is 4.79 Å². The minimum Gasteiger partial charge on any atom is -0.375 e. The first-order valence-corrected chi connectivity index (χ1v) is 7.67. The van der Waals surface area contributed by atoms with Gasteiger partial charge in [-0.2, -0.15) is 5.10 Å². The molecule has 0 bridgehead atoms. The monoisotopic (exact) mass is 300 g/mol. The van der Waals surface area contributed by atoms with E-state index >= 15 is 0 Å². The Hall–Kier alpha value is -2.30. The van der Waals surface area contributed by atoms with Crippen LogP contribution < -0.4 is 10.2 Å². The van der Waals surface area contributed by atoms with Crippen molar-refractivity contribution in [3.05, 3.63) is 48.3 Å². The van der Waals surface area contributed by atoms with Crippen LogP contribution in [0.2, 0.25) is 0 Å². The number of aryl methyl sites for hydroxylation is 2. The van der Waals surface area contributed by atoms with Gasteiger partial charge in [-0.15, -0.1) is 0 Å². The molecule has 1 amide bonds. The average Bonchev–Trinajstić information content (AvgIpc) is 2.96. The summed E-state index contributed by atoms with van der Waals surface area (Å²) in [5.74, 6) is 0.0792. The average molecular weight is 300 g/mol. The van der Waals surface area contributed by atoms with Gasteiger partial charge in [0.05, 0.1) is 6.20 Å². The van der Waals surface area contributed by atoms with Gasteiger partial charge in [-0.25, -0.2) is 0 Å². The highest BCUT2D eigenvalue weighted by molar-refractivity contribution is 5.75. The van der Waals surface area contributed by atoms with Gasteiger partial charge in [-0.1, -0.05) is 18.2 Å². The van der Waals surface area contributed by atoms with E-state index in [1.54, 1.807) is 10.9 Å². The van der Waals surface area contributed by atoms with Crippen molar-refractivity contribution in [3.63, 3.8) is 0 Å². The number of benzene rings is 1. The molecule has 1 heterocycles. The lowest BCUT2D eigenvalue weighted by Gasteiger charge is -2.19. The Morgan fingerprint density at radius 1 is 1.32 bits per heavy atom. The highest BCUT2D eigenvalue weighted by Crippen LogP contribution is 2.10. The zero-order valence-corrected chi connectivity index (χ0v) is 13.3. The first-order valence-electron chi connectivity index (χ1n) is 7.67. The summed E-state index contributed by atoms with van der Waals surface area (Å²) in [6.45, 7) is 4.24. The maximum absolute atomic E-state index is 11.8. The third-order valence-corrected chi connectivity index (χ3v) is 3.52. The zero-order chi connectivity index (χ0) is 15.8. The lowest BCUT2D eigenvalue weighted by molar-refractivity contribution is -0.121. The molecule has 0 atom stereocenters. The van der Waals surface area contributed by atoms with E-state index in [-0.39, 0.29) is 5.91 Å². The quantitative estimate of drug-likeness (QED) is 0.761. The molecule has 5 heteroatoms. The van der Waals surface area contributed by atoms with Crippen LogP contribution in [0.3, 0.4) is 0 Å². The first-order chi connectivity index (χ1) is 10.6. The van der Waals surface area contributed by atoms with E-state index in [0.29, 0.717) is 19.5 Å². The van der Waals surface area contributed by atoms with Crippen molar-refractivity contribution in [2.45, 2.75) is 26.3 Å². The molecule has 1 aromatic carbocycles. The first kappa shape index (κ1) is 16.1. The Morgan fingerprint density at radius 2 is 2.09 bits per heavy atom. The molecule has 5 nitrogen and oxygen atoms in total. The summed E-state index contributed by atoms with van der Waals surface area (Å²) in [5.41, 5.74) is 2.31. The number of hydrogen-bond acceptors (Lipinski definition) is 3. The van der Waals surface area contributed by atoms with E-state index in [1.807, 2.05) is 31.3 Å². The lowest BCUT2D eigenvalue weighted by Crippen LogP contribution is -2.28. The second-order valence-electron chi connectivity index (χ2n) is 5.49. The van der Waals surface area contributed by atoms with Gasteiger partial charge >= 0.3 is 0 Å². The number of hydrogen-bond donors (Lipinski definition) is 1. The maximum Gasteiger partial charge on any atom is 0.221 e. The molecule has 0 spiro atoms. The number of aromatic nitrogens is 2. The number of anilines is 1. The SMILES string of the molecule is Cc1cnn(CCC(=O)NCCCN(C)c2ccccc2)c1. The van der Waals surface area contributed by atoms with E-state index in [4.69, 9.17) is 0 Å².